The summed E-state index contributed by atoms with van der Waals surface area (Å²) >= 11 is 0. The zero-order valence-corrected chi connectivity index (χ0v) is 18.4. The number of imide groups is 2. The maximum absolute atomic E-state index is 12.0. The van der Waals surface area contributed by atoms with Crippen LogP contribution in [0.2, 0.25) is 0 Å². The van der Waals surface area contributed by atoms with Gasteiger partial charge in [0.1, 0.15) is 6.29 Å². The number of fused-ring (bicyclic) bond motifs is 2. The fourth-order valence-electron chi connectivity index (χ4n) is 3.63. The Morgan fingerprint density at radius 3 is 1.39 bits per heavy atom. The molecule has 4 rings (SSSR count). The average molecular weight is 452 g/mol. The monoisotopic (exact) mass is 452 g/mol. The number of rotatable bonds is 8. The number of carbonyl (C=O) groups is 5. The molecule has 2 aromatic carbocycles. The topological polar surface area (TPSA) is 110 Å². The zero-order valence-electron chi connectivity index (χ0n) is 18.4. The lowest BCUT2D eigenvalue weighted by molar-refractivity contribution is -0.108. The molecule has 0 saturated heterocycles. The number of aldehydes is 1. The van der Waals surface area contributed by atoms with Crippen molar-refractivity contribution in [2.75, 3.05) is 27.3 Å². The van der Waals surface area contributed by atoms with Crippen LogP contribution in [0.5, 0.6) is 0 Å². The largest absolute Gasteiger partial charge is 0.356 e. The van der Waals surface area contributed by atoms with Crippen LogP contribution in [0.15, 0.2) is 48.5 Å². The van der Waals surface area contributed by atoms with Crippen molar-refractivity contribution in [2.45, 2.75) is 19.1 Å². The van der Waals surface area contributed by atoms with Gasteiger partial charge in [0.05, 0.1) is 22.3 Å². The van der Waals surface area contributed by atoms with E-state index in [4.69, 9.17) is 9.47 Å². The molecule has 0 radical (unpaired) electrons. The third-order valence-electron chi connectivity index (χ3n) is 5.34. The Hall–Kier alpha value is -3.69. The van der Waals surface area contributed by atoms with E-state index in [1.165, 1.54) is 19.1 Å². The molecular formula is C24H24N2O7. The van der Waals surface area contributed by atoms with E-state index in [0.29, 0.717) is 41.5 Å². The van der Waals surface area contributed by atoms with Crippen molar-refractivity contribution in [3.05, 3.63) is 70.8 Å². The second-order valence-corrected chi connectivity index (χ2v) is 7.26. The smallest absolute Gasteiger partial charge is 0.261 e. The molecule has 0 fully saturated rings. The van der Waals surface area contributed by atoms with Crippen LogP contribution in [0.4, 0.5) is 0 Å². The SMILES string of the molecule is COC(CCN1C(=O)c2ccccc2C1=O)OC.O=CCCN1C(=O)c2ccccc2C1=O. The lowest BCUT2D eigenvalue weighted by Gasteiger charge is -2.18. The van der Waals surface area contributed by atoms with E-state index < -0.39 is 6.29 Å². The standard InChI is InChI=1S/C13H15NO4.C11H9NO3/c1-17-11(18-2)7-8-14-12(15)9-5-3-4-6-10(9)13(14)16;13-7-3-6-12-10(14)8-4-1-2-5-9(8)11(12)15/h3-6,11H,7-8H2,1-2H3;1-2,4-5,7H,3,6H2. The van der Waals surface area contributed by atoms with Gasteiger partial charge in [-0.1, -0.05) is 24.3 Å². The number of nitrogens with zero attached hydrogens (tertiary/aromatic N) is 2. The first-order chi connectivity index (χ1) is 15.9. The predicted octanol–water partition coefficient (Wildman–Crippen LogP) is 2.16. The molecule has 33 heavy (non-hydrogen) atoms. The number of hydrogen-bond acceptors (Lipinski definition) is 7. The van der Waals surface area contributed by atoms with Crippen LogP contribution in [0.1, 0.15) is 54.3 Å². The number of methoxy groups -OCH3 is 2. The molecule has 0 saturated carbocycles. The molecular weight excluding hydrogens is 428 g/mol. The highest BCUT2D eigenvalue weighted by Gasteiger charge is 2.35. The van der Waals surface area contributed by atoms with Crippen LogP contribution in [0.25, 0.3) is 0 Å². The van der Waals surface area contributed by atoms with Gasteiger partial charge in [-0.3, -0.25) is 29.0 Å². The fraction of sp³-hybridized carbons (Fsp3) is 0.292. The number of carbonyl (C=O) groups excluding carboxylic acids is 5. The van der Waals surface area contributed by atoms with Crippen LogP contribution in [-0.4, -0.2) is 73.3 Å². The molecule has 0 bridgehead atoms. The molecule has 2 aliphatic heterocycles. The average Bonchev–Trinajstić information content (AvgIpc) is 3.24. The molecule has 2 aliphatic rings. The molecule has 0 spiro atoms. The van der Waals surface area contributed by atoms with Crippen molar-refractivity contribution in [1.29, 1.82) is 0 Å². The van der Waals surface area contributed by atoms with Crippen molar-refractivity contribution >= 4 is 29.9 Å². The molecule has 0 aliphatic carbocycles. The minimum Gasteiger partial charge on any atom is -0.356 e. The minimum absolute atomic E-state index is 0.163. The molecule has 0 aromatic heterocycles. The van der Waals surface area contributed by atoms with Crippen LogP contribution in [0.3, 0.4) is 0 Å². The van der Waals surface area contributed by atoms with Gasteiger partial charge in [-0.05, 0) is 24.3 Å². The summed E-state index contributed by atoms with van der Waals surface area (Å²) in [7, 11) is 3.05. The Kier molecular flexibility index (Phi) is 7.81. The minimum atomic E-state index is -0.408. The van der Waals surface area contributed by atoms with E-state index in [-0.39, 0.29) is 36.6 Å². The summed E-state index contributed by atoms with van der Waals surface area (Å²) in [5.41, 5.74) is 1.78. The Balaban J connectivity index is 0.000000189. The summed E-state index contributed by atoms with van der Waals surface area (Å²) in [4.78, 5) is 60.0. The third-order valence-corrected chi connectivity index (χ3v) is 5.34. The summed E-state index contributed by atoms with van der Waals surface area (Å²) in [5, 5.41) is 0. The molecule has 0 unspecified atom stereocenters. The molecule has 4 amide bonds. The molecule has 2 heterocycles. The second-order valence-electron chi connectivity index (χ2n) is 7.26. The van der Waals surface area contributed by atoms with E-state index in [0.717, 1.165) is 4.90 Å². The van der Waals surface area contributed by atoms with Gasteiger partial charge in [0, 0.05) is 40.2 Å². The molecule has 9 nitrogen and oxygen atoms in total. The van der Waals surface area contributed by atoms with Gasteiger partial charge in [-0.2, -0.15) is 0 Å². The first kappa shape index (κ1) is 24.0. The number of amides is 4. The Labute approximate surface area is 190 Å². The summed E-state index contributed by atoms with van der Waals surface area (Å²) in [5.74, 6) is -1.11. The van der Waals surface area contributed by atoms with Gasteiger partial charge in [-0.25, -0.2) is 0 Å². The van der Waals surface area contributed by atoms with Crippen molar-refractivity contribution in [1.82, 2.24) is 9.80 Å². The Bertz CT molecular complexity index is 1010. The van der Waals surface area contributed by atoms with E-state index in [1.807, 2.05) is 0 Å². The van der Waals surface area contributed by atoms with E-state index >= 15 is 0 Å². The van der Waals surface area contributed by atoms with Crippen molar-refractivity contribution in [3.63, 3.8) is 0 Å². The summed E-state index contributed by atoms with van der Waals surface area (Å²) in [6, 6.07) is 13.5. The van der Waals surface area contributed by atoms with Crippen LogP contribution >= 0.6 is 0 Å². The summed E-state index contributed by atoms with van der Waals surface area (Å²) in [6.07, 6.45) is 0.933. The summed E-state index contributed by atoms with van der Waals surface area (Å²) in [6.45, 7) is 0.453. The van der Waals surface area contributed by atoms with Crippen LogP contribution in [0, 0.1) is 0 Å². The van der Waals surface area contributed by atoms with Crippen molar-refractivity contribution in [2.24, 2.45) is 0 Å². The van der Waals surface area contributed by atoms with E-state index in [9.17, 15) is 24.0 Å². The van der Waals surface area contributed by atoms with Gasteiger partial charge in [-0.15, -0.1) is 0 Å². The summed E-state index contributed by atoms with van der Waals surface area (Å²) < 4.78 is 10.1. The molecule has 9 heteroatoms. The predicted molar refractivity (Wildman–Crippen MR) is 117 cm³/mol. The van der Waals surface area contributed by atoms with Gasteiger partial charge >= 0.3 is 0 Å². The molecule has 0 atom stereocenters. The maximum Gasteiger partial charge on any atom is 0.261 e. The number of benzene rings is 2. The van der Waals surface area contributed by atoms with E-state index in [2.05, 4.69) is 0 Å². The maximum atomic E-state index is 12.0. The first-order valence-electron chi connectivity index (χ1n) is 10.3. The number of hydrogen-bond donors (Lipinski definition) is 0. The lowest BCUT2D eigenvalue weighted by atomic mass is 10.1. The number of ether oxygens (including phenoxy) is 2. The highest BCUT2D eigenvalue weighted by molar-refractivity contribution is 6.22. The van der Waals surface area contributed by atoms with Gasteiger partial charge in [0.15, 0.2) is 6.29 Å². The Morgan fingerprint density at radius 2 is 1.06 bits per heavy atom. The van der Waals surface area contributed by atoms with Crippen molar-refractivity contribution in [3.8, 4) is 0 Å². The second kappa shape index (κ2) is 10.8. The molecule has 172 valence electrons. The fourth-order valence-corrected chi connectivity index (χ4v) is 3.63. The highest BCUT2D eigenvalue weighted by atomic mass is 16.7. The highest BCUT2D eigenvalue weighted by Crippen LogP contribution is 2.23. The normalized spacial score (nSPS) is 14.4. The van der Waals surface area contributed by atoms with Crippen LogP contribution in [-0.2, 0) is 14.3 Å². The Morgan fingerprint density at radius 1 is 0.697 bits per heavy atom. The first-order valence-corrected chi connectivity index (χ1v) is 10.3. The van der Waals surface area contributed by atoms with Crippen LogP contribution < -0.4 is 0 Å². The van der Waals surface area contributed by atoms with Gasteiger partial charge < -0.3 is 14.3 Å². The third kappa shape index (κ3) is 4.89. The molecule has 0 N–H and O–H groups in total. The zero-order chi connectivity index (χ0) is 24.0. The lowest BCUT2D eigenvalue weighted by Crippen LogP contribution is -2.33. The van der Waals surface area contributed by atoms with Crippen molar-refractivity contribution < 1.29 is 33.4 Å². The van der Waals surface area contributed by atoms with Gasteiger partial charge in [0.2, 0.25) is 0 Å². The quantitative estimate of drug-likeness (QED) is 0.343. The van der Waals surface area contributed by atoms with E-state index in [1.54, 1.807) is 48.5 Å². The van der Waals surface area contributed by atoms with Gasteiger partial charge in [0.25, 0.3) is 23.6 Å². The molecule has 2 aromatic rings.